The third-order valence-electron chi connectivity index (χ3n) is 8.83. The summed E-state index contributed by atoms with van der Waals surface area (Å²) < 4.78 is 0. The molecule has 220 valence electrons. The fourth-order valence-electron chi connectivity index (χ4n) is 6.62. The van der Waals surface area contributed by atoms with Crippen LogP contribution in [0, 0.1) is 0 Å². The normalized spacial score (nSPS) is 11.8. The molecule has 0 fully saturated rings. The van der Waals surface area contributed by atoms with Gasteiger partial charge >= 0.3 is 0 Å². The van der Waals surface area contributed by atoms with Crippen molar-refractivity contribution in [3.05, 3.63) is 170 Å². The van der Waals surface area contributed by atoms with Gasteiger partial charge in [-0.1, -0.05) is 121 Å². The first kappa shape index (κ1) is 27.0. The van der Waals surface area contributed by atoms with Gasteiger partial charge in [0.05, 0.1) is 17.1 Å². The third kappa shape index (κ3) is 4.75. The number of para-hydroxylation sites is 1. The Labute approximate surface area is 273 Å². The Bertz CT molecular complexity index is 2350. The van der Waals surface area contributed by atoms with Crippen LogP contribution in [-0.2, 0) is 0 Å². The first-order valence-electron chi connectivity index (χ1n) is 15.8. The molecule has 0 unspecified atom stereocenters. The largest absolute Gasteiger partial charge is 0.294 e. The maximum atomic E-state index is 5.10. The molecule has 8 aromatic rings. The van der Waals surface area contributed by atoms with E-state index in [4.69, 9.17) is 15.0 Å². The summed E-state index contributed by atoms with van der Waals surface area (Å²) in [4.78, 5) is 17.5. The number of rotatable bonds is 5. The predicted octanol–water partition coefficient (Wildman–Crippen LogP) is 11.1. The topological polar surface area (TPSA) is 41.9 Å². The number of nitrogens with zero attached hydrogens (tertiary/aromatic N) is 4. The average molecular weight is 601 g/mol. The van der Waals surface area contributed by atoms with E-state index in [1.165, 1.54) is 22.3 Å². The van der Waals surface area contributed by atoms with Gasteiger partial charge in [0, 0.05) is 39.5 Å². The van der Waals surface area contributed by atoms with Crippen molar-refractivity contribution in [1.82, 2.24) is 15.0 Å². The van der Waals surface area contributed by atoms with E-state index in [0.29, 0.717) is 5.82 Å². The van der Waals surface area contributed by atoms with E-state index >= 15 is 0 Å². The van der Waals surface area contributed by atoms with Crippen molar-refractivity contribution >= 4 is 28.0 Å². The number of hydrogen-bond donors (Lipinski definition) is 0. The molecule has 9 rings (SSSR count). The van der Waals surface area contributed by atoms with Crippen LogP contribution in [0.2, 0.25) is 0 Å². The Morgan fingerprint density at radius 3 is 1.74 bits per heavy atom. The molecular weight excluding hydrogens is 573 g/mol. The lowest BCUT2D eigenvalue weighted by Gasteiger charge is -2.32. The smallest absolute Gasteiger partial charge is 0.160 e. The lowest BCUT2D eigenvalue weighted by atomic mass is 9.89. The second-order valence-electron chi connectivity index (χ2n) is 11.7. The van der Waals surface area contributed by atoms with Gasteiger partial charge in [-0.25, -0.2) is 15.0 Å². The summed E-state index contributed by atoms with van der Waals surface area (Å²) in [6.45, 7) is 0. The van der Waals surface area contributed by atoms with Gasteiger partial charge in [-0.2, -0.15) is 0 Å². The summed E-state index contributed by atoms with van der Waals surface area (Å²) in [5, 5.41) is 2.30. The maximum absolute atomic E-state index is 5.10. The molecular formula is C43H28N4. The van der Waals surface area contributed by atoms with Gasteiger partial charge in [-0.05, 0) is 64.5 Å². The molecule has 0 saturated heterocycles. The Balaban J connectivity index is 1.22. The highest BCUT2D eigenvalue weighted by atomic mass is 15.2. The second-order valence-corrected chi connectivity index (χ2v) is 11.7. The molecule has 0 N–H and O–H groups in total. The SMILES string of the molecule is c1ccc(-c2cc3c4c(nccc4c2)N(c2cccc(-c4nc(-c5ccccc5)cc(-c5ccccc5)n4)c2)c2ccccc2-3)cc1. The van der Waals surface area contributed by atoms with Gasteiger partial charge in [0.25, 0.3) is 0 Å². The van der Waals surface area contributed by atoms with Crippen molar-refractivity contribution in [2.24, 2.45) is 0 Å². The molecule has 0 amide bonds. The van der Waals surface area contributed by atoms with Crippen LogP contribution in [0.3, 0.4) is 0 Å². The fourth-order valence-corrected chi connectivity index (χ4v) is 6.62. The molecule has 0 radical (unpaired) electrons. The average Bonchev–Trinajstić information content (AvgIpc) is 3.16. The summed E-state index contributed by atoms with van der Waals surface area (Å²) in [6.07, 6.45) is 1.92. The maximum Gasteiger partial charge on any atom is 0.160 e. The van der Waals surface area contributed by atoms with Crippen LogP contribution in [0.5, 0.6) is 0 Å². The van der Waals surface area contributed by atoms with E-state index in [-0.39, 0.29) is 0 Å². The zero-order valence-corrected chi connectivity index (χ0v) is 25.5. The van der Waals surface area contributed by atoms with Gasteiger partial charge < -0.3 is 0 Å². The molecule has 1 aliphatic heterocycles. The van der Waals surface area contributed by atoms with Crippen molar-refractivity contribution in [1.29, 1.82) is 0 Å². The number of pyridine rings is 1. The fraction of sp³-hybridized carbons (Fsp3) is 0. The first-order chi connectivity index (χ1) is 23.3. The summed E-state index contributed by atoms with van der Waals surface area (Å²) in [7, 11) is 0. The Morgan fingerprint density at radius 2 is 1.04 bits per heavy atom. The summed E-state index contributed by atoms with van der Waals surface area (Å²) in [5.41, 5.74) is 11.7. The van der Waals surface area contributed by atoms with Crippen LogP contribution < -0.4 is 4.90 Å². The number of aromatic nitrogens is 3. The van der Waals surface area contributed by atoms with Gasteiger partial charge in [-0.3, -0.25) is 4.90 Å². The van der Waals surface area contributed by atoms with Gasteiger partial charge in [0.1, 0.15) is 5.82 Å². The molecule has 0 spiro atoms. The Kier molecular flexibility index (Phi) is 6.43. The lowest BCUT2D eigenvalue weighted by molar-refractivity contribution is 1.17. The molecule has 1 aliphatic rings. The van der Waals surface area contributed by atoms with E-state index in [0.717, 1.165) is 56.0 Å². The second kappa shape index (κ2) is 11.2. The molecule has 0 saturated carbocycles. The van der Waals surface area contributed by atoms with Crippen LogP contribution in [-0.4, -0.2) is 15.0 Å². The van der Waals surface area contributed by atoms with E-state index in [2.05, 4.69) is 132 Å². The van der Waals surface area contributed by atoms with Crippen LogP contribution >= 0.6 is 0 Å². The molecule has 3 heterocycles. The van der Waals surface area contributed by atoms with Crippen molar-refractivity contribution in [3.8, 4) is 56.2 Å². The van der Waals surface area contributed by atoms with Crippen molar-refractivity contribution in [2.75, 3.05) is 4.90 Å². The first-order valence-corrected chi connectivity index (χ1v) is 15.8. The minimum Gasteiger partial charge on any atom is -0.294 e. The molecule has 4 heteroatoms. The third-order valence-corrected chi connectivity index (χ3v) is 8.83. The van der Waals surface area contributed by atoms with Crippen LogP contribution in [0.4, 0.5) is 17.2 Å². The van der Waals surface area contributed by atoms with Crippen LogP contribution in [0.25, 0.3) is 66.9 Å². The zero-order chi connectivity index (χ0) is 31.2. The van der Waals surface area contributed by atoms with E-state index in [1.807, 2.05) is 42.6 Å². The summed E-state index contributed by atoms with van der Waals surface area (Å²) in [6, 6.07) is 57.0. The quantitative estimate of drug-likeness (QED) is 0.197. The van der Waals surface area contributed by atoms with Gasteiger partial charge in [0.2, 0.25) is 0 Å². The number of fused-ring (bicyclic) bond motifs is 2. The van der Waals surface area contributed by atoms with E-state index in [9.17, 15) is 0 Å². The molecule has 0 bridgehead atoms. The lowest BCUT2D eigenvalue weighted by Crippen LogP contribution is -2.16. The molecule has 2 aromatic heterocycles. The minimum absolute atomic E-state index is 0.677. The Morgan fingerprint density at radius 1 is 0.426 bits per heavy atom. The standard InChI is InChI=1S/C43H28N4/c1-4-13-29(14-5-1)34-25-32-23-24-44-43-41(32)37(27-34)36-21-10-11-22-40(36)47(43)35-20-12-19-33(26-35)42-45-38(30-15-6-2-7-16-30)28-39(46-42)31-17-8-3-9-18-31/h1-28H. The molecule has 4 nitrogen and oxygen atoms in total. The van der Waals surface area contributed by atoms with Gasteiger partial charge in [-0.15, -0.1) is 0 Å². The van der Waals surface area contributed by atoms with Crippen molar-refractivity contribution in [2.45, 2.75) is 0 Å². The zero-order valence-electron chi connectivity index (χ0n) is 25.5. The van der Waals surface area contributed by atoms with E-state index < -0.39 is 0 Å². The highest BCUT2D eigenvalue weighted by Crippen LogP contribution is 2.51. The highest BCUT2D eigenvalue weighted by Gasteiger charge is 2.28. The number of anilines is 3. The summed E-state index contributed by atoms with van der Waals surface area (Å²) >= 11 is 0. The number of hydrogen-bond acceptors (Lipinski definition) is 4. The molecule has 0 aliphatic carbocycles. The van der Waals surface area contributed by atoms with Gasteiger partial charge in [0.15, 0.2) is 5.82 Å². The van der Waals surface area contributed by atoms with Crippen molar-refractivity contribution in [3.63, 3.8) is 0 Å². The minimum atomic E-state index is 0.677. The van der Waals surface area contributed by atoms with Crippen molar-refractivity contribution < 1.29 is 0 Å². The number of benzene rings is 6. The summed E-state index contributed by atoms with van der Waals surface area (Å²) in [5.74, 6) is 1.59. The Hall–Kier alpha value is -6.39. The monoisotopic (exact) mass is 600 g/mol. The molecule has 0 atom stereocenters. The van der Waals surface area contributed by atoms with Crippen LogP contribution in [0.1, 0.15) is 0 Å². The predicted molar refractivity (Wildman–Crippen MR) is 193 cm³/mol. The molecule has 6 aromatic carbocycles. The van der Waals surface area contributed by atoms with Crippen LogP contribution in [0.15, 0.2) is 170 Å². The van der Waals surface area contributed by atoms with E-state index in [1.54, 1.807) is 0 Å². The molecule has 47 heavy (non-hydrogen) atoms. The highest BCUT2D eigenvalue weighted by molar-refractivity contribution is 6.13.